The molecule has 3 amide bonds. The van der Waals surface area contributed by atoms with Crippen molar-refractivity contribution >= 4 is 17.6 Å². The van der Waals surface area contributed by atoms with E-state index in [9.17, 15) is 9.59 Å². The highest BCUT2D eigenvalue weighted by Crippen LogP contribution is 2.25. The molecule has 2 aliphatic rings. The van der Waals surface area contributed by atoms with Crippen LogP contribution >= 0.6 is 0 Å². The van der Waals surface area contributed by atoms with E-state index in [1.54, 1.807) is 47.4 Å². The van der Waals surface area contributed by atoms with Gasteiger partial charge in [0, 0.05) is 32.3 Å². The molecule has 9 nitrogen and oxygen atoms in total. The van der Waals surface area contributed by atoms with Gasteiger partial charge in [0.2, 0.25) is 5.88 Å². The number of benzene rings is 1. The van der Waals surface area contributed by atoms with Gasteiger partial charge in [0.25, 0.3) is 5.91 Å². The molecule has 0 saturated carbocycles. The fourth-order valence-electron chi connectivity index (χ4n) is 3.69. The van der Waals surface area contributed by atoms with Crippen molar-refractivity contribution < 1.29 is 23.8 Å². The highest BCUT2D eigenvalue weighted by molar-refractivity contribution is 5.96. The Bertz CT molecular complexity index is 932. The summed E-state index contributed by atoms with van der Waals surface area (Å²) in [5.41, 5.74) is 1.05. The molecule has 1 atom stereocenters. The molecule has 1 aromatic heterocycles. The number of methoxy groups -OCH3 is 1. The van der Waals surface area contributed by atoms with Crippen LogP contribution in [-0.4, -0.2) is 79.3 Å². The van der Waals surface area contributed by atoms with Gasteiger partial charge >= 0.3 is 6.03 Å². The maximum atomic E-state index is 12.9. The monoisotopic (exact) mass is 426 g/mol. The molecular formula is C22H26N4O5. The lowest BCUT2D eigenvalue weighted by Gasteiger charge is -2.27. The molecule has 0 aliphatic carbocycles. The average Bonchev–Trinajstić information content (AvgIpc) is 3.28. The van der Waals surface area contributed by atoms with Crippen molar-refractivity contribution in [1.82, 2.24) is 14.8 Å². The molecule has 9 heteroatoms. The van der Waals surface area contributed by atoms with Crippen LogP contribution in [-0.2, 0) is 4.74 Å². The molecule has 0 bridgehead atoms. The number of morpholine rings is 1. The van der Waals surface area contributed by atoms with Gasteiger partial charge in [-0.15, -0.1) is 0 Å². The molecular weight excluding hydrogens is 400 g/mol. The number of anilines is 1. The second-order valence-corrected chi connectivity index (χ2v) is 7.37. The van der Waals surface area contributed by atoms with Gasteiger partial charge in [-0.2, -0.15) is 0 Å². The highest BCUT2D eigenvalue weighted by Gasteiger charge is 2.30. The van der Waals surface area contributed by atoms with Crippen molar-refractivity contribution in [2.45, 2.75) is 12.5 Å². The van der Waals surface area contributed by atoms with Crippen molar-refractivity contribution in [2.24, 2.45) is 0 Å². The molecule has 1 unspecified atom stereocenters. The van der Waals surface area contributed by atoms with E-state index in [0.717, 1.165) is 0 Å². The first-order chi connectivity index (χ1) is 15.2. The zero-order chi connectivity index (χ0) is 21.6. The van der Waals surface area contributed by atoms with Gasteiger partial charge in [0.15, 0.2) is 0 Å². The van der Waals surface area contributed by atoms with E-state index in [1.165, 1.54) is 0 Å². The second kappa shape index (κ2) is 9.65. The Kier molecular flexibility index (Phi) is 6.51. The van der Waals surface area contributed by atoms with Crippen LogP contribution in [0.5, 0.6) is 11.6 Å². The lowest BCUT2D eigenvalue weighted by molar-refractivity contribution is 0.0298. The predicted molar refractivity (Wildman–Crippen MR) is 114 cm³/mol. The molecule has 0 radical (unpaired) electrons. The number of carbonyl (C=O) groups excluding carboxylic acids is 2. The summed E-state index contributed by atoms with van der Waals surface area (Å²) in [6.07, 6.45) is 2.02. The van der Waals surface area contributed by atoms with Gasteiger partial charge in [-0.3, -0.25) is 4.79 Å². The standard InChI is InChI=1S/C22H26N4O5/c1-29-19-7-3-2-6-18(19)24-22(28)26-10-8-16(15-26)31-20-17(5-4-9-23-20)21(27)25-11-13-30-14-12-25/h2-7,9,16H,8,10-15H2,1H3,(H,24,28). The zero-order valence-corrected chi connectivity index (χ0v) is 17.5. The molecule has 2 aliphatic heterocycles. The third kappa shape index (κ3) is 4.88. The topological polar surface area (TPSA) is 93.2 Å². The number of rotatable bonds is 5. The lowest BCUT2D eigenvalue weighted by atomic mass is 10.2. The minimum Gasteiger partial charge on any atom is -0.495 e. The van der Waals surface area contributed by atoms with E-state index in [2.05, 4.69) is 10.3 Å². The zero-order valence-electron chi connectivity index (χ0n) is 17.5. The number of nitrogens with one attached hydrogen (secondary N) is 1. The Morgan fingerprint density at radius 2 is 1.90 bits per heavy atom. The van der Waals surface area contributed by atoms with Crippen LogP contribution in [0.3, 0.4) is 0 Å². The summed E-state index contributed by atoms with van der Waals surface area (Å²) in [6.45, 7) is 3.11. The number of amides is 3. The van der Waals surface area contributed by atoms with Crippen LogP contribution in [0.2, 0.25) is 0 Å². The molecule has 2 aromatic rings. The molecule has 4 rings (SSSR count). The fraction of sp³-hybridized carbons (Fsp3) is 0.409. The van der Waals surface area contributed by atoms with Gasteiger partial charge in [0.05, 0.1) is 32.6 Å². The fourth-order valence-corrected chi connectivity index (χ4v) is 3.69. The van der Waals surface area contributed by atoms with Gasteiger partial charge in [0.1, 0.15) is 17.4 Å². The number of nitrogens with zero attached hydrogens (tertiary/aromatic N) is 3. The Labute approximate surface area is 180 Å². The van der Waals surface area contributed by atoms with E-state index in [4.69, 9.17) is 14.2 Å². The Hall–Kier alpha value is -3.33. The number of hydrogen-bond donors (Lipinski definition) is 1. The maximum absolute atomic E-state index is 12.9. The summed E-state index contributed by atoms with van der Waals surface area (Å²) in [5, 5.41) is 2.88. The SMILES string of the molecule is COc1ccccc1NC(=O)N1CCC(Oc2ncccc2C(=O)N2CCOCC2)C1. The number of carbonyl (C=O) groups is 2. The average molecular weight is 426 g/mol. The number of ether oxygens (including phenoxy) is 3. The summed E-state index contributed by atoms with van der Waals surface area (Å²) < 4.78 is 16.7. The molecule has 2 fully saturated rings. The summed E-state index contributed by atoms with van der Waals surface area (Å²) >= 11 is 0. The molecule has 164 valence electrons. The molecule has 3 heterocycles. The first-order valence-electron chi connectivity index (χ1n) is 10.3. The van der Waals surface area contributed by atoms with Crippen LogP contribution in [0.1, 0.15) is 16.8 Å². The number of likely N-dealkylation sites (tertiary alicyclic amines) is 1. The Balaban J connectivity index is 1.38. The maximum Gasteiger partial charge on any atom is 0.322 e. The Morgan fingerprint density at radius 1 is 1.10 bits per heavy atom. The van der Waals surface area contributed by atoms with E-state index >= 15 is 0 Å². The van der Waals surface area contributed by atoms with Crippen LogP contribution in [0.25, 0.3) is 0 Å². The van der Waals surface area contributed by atoms with E-state index in [-0.39, 0.29) is 18.0 Å². The highest BCUT2D eigenvalue weighted by atomic mass is 16.5. The van der Waals surface area contributed by atoms with E-state index in [0.29, 0.717) is 68.7 Å². The van der Waals surface area contributed by atoms with Gasteiger partial charge < -0.3 is 29.3 Å². The third-order valence-corrected chi connectivity index (χ3v) is 5.36. The first-order valence-corrected chi connectivity index (χ1v) is 10.3. The summed E-state index contributed by atoms with van der Waals surface area (Å²) in [5.74, 6) is 0.786. The lowest BCUT2D eigenvalue weighted by Crippen LogP contribution is -2.41. The van der Waals surface area contributed by atoms with Crippen LogP contribution in [0.4, 0.5) is 10.5 Å². The third-order valence-electron chi connectivity index (χ3n) is 5.36. The first kappa shape index (κ1) is 20.9. The van der Waals surface area contributed by atoms with Crippen LogP contribution < -0.4 is 14.8 Å². The summed E-state index contributed by atoms with van der Waals surface area (Å²) in [6, 6.07) is 10.5. The quantitative estimate of drug-likeness (QED) is 0.788. The van der Waals surface area contributed by atoms with Gasteiger partial charge in [-0.25, -0.2) is 9.78 Å². The molecule has 1 N–H and O–H groups in total. The van der Waals surface area contributed by atoms with Crippen molar-refractivity contribution in [3.05, 3.63) is 48.2 Å². The smallest absolute Gasteiger partial charge is 0.322 e. The molecule has 0 spiro atoms. The van der Waals surface area contributed by atoms with Crippen LogP contribution in [0.15, 0.2) is 42.6 Å². The van der Waals surface area contributed by atoms with Gasteiger partial charge in [-0.1, -0.05) is 12.1 Å². The summed E-state index contributed by atoms with van der Waals surface area (Å²) in [4.78, 5) is 33.3. The number of para-hydroxylation sites is 2. The van der Waals surface area contributed by atoms with Crippen molar-refractivity contribution in [1.29, 1.82) is 0 Å². The molecule has 2 saturated heterocycles. The van der Waals surface area contributed by atoms with E-state index in [1.807, 2.05) is 12.1 Å². The summed E-state index contributed by atoms with van der Waals surface area (Å²) in [7, 11) is 1.56. The predicted octanol–water partition coefficient (Wildman–Crippen LogP) is 2.25. The molecule has 31 heavy (non-hydrogen) atoms. The Morgan fingerprint density at radius 3 is 2.71 bits per heavy atom. The number of urea groups is 1. The second-order valence-electron chi connectivity index (χ2n) is 7.37. The van der Waals surface area contributed by atoms with Crippen molar-refractivity contribution in [3.8, 4) is 11.6 Å². The largest absolute Gasteiger partial charge is 0.495 e. The minimum absolute atomic E-state index is 0.116. The normalized spacial score (nSPS) is 18.5. The number of pyridine rings is 1. The number of aromatic nitrogens is 1. The van der Waals surface area contributed by atoms with Crippen LogP contribution in [0, 0.1) is 0 Å². The minimum atomic E-state index is -0.241. The number of hydrogen-bond acceptors (Lipinski definition) is 6. The van der Waals surface area contributed by atoms with Gasteiger partial charge in [-0.05, 0) is 24.3 Å². The molecule has 1 aromatic carbocycles. The van der Waals surface area contributed by atoms with Crippen molar-refractivity contribution in [3.63, 3.8) is 0 Å². The van der Waals surface area contributed by atoms with E-state index < -0.39 is 0 Å². The van der Waals surface area contributed by atoms with Crippen molar-refractivity contribution in [2.75, 3.05) is 51.8 Å².